The summed E-state index contributed by atoms with van der Waals surface area (Å²) in [6, 6.07) is 14.4. The minimum atomic E-state index is 0.449. The third-order valence-electron chi connectivity index (χ3n) is 6.49. The van der Waals surface area contributed by atoms with Gasteiger partial charge in [-0.2, -0.15) is 0 Å². The van der Waals surface area contributed by atoms with E-state index in [1.165, 1.54) is 59.9 Å². The average molecular weight is 401 g/mol. The number of fused-ring (bicyclic) bond motifs is 1. The van der Waals surface area contributed by atoms with E-state index in [1.54, 1.807) is 11.1 Å². The Morgan fingerprint density at radius 1 is 0.900 bits per heavy atom. The maximum atomic E-state index is 2.48. The first-order valence-corrected chi connectivity index (χ1v) is 12.1. The van der Waals surface area contributed by atoms with Crippen molar-refractivity contribution in [2.75, 3.05) is 0 Å². The Labute approximate surface area is 185 Å². The zero-order valence-electron chi connectivity index (χ0n) is 19.8. The van der Waals surface area contributed by atoms with Crippen molar-refractivity contribution in [2.24, 2.45) is 0 Å². The fraction of sp³-hybridized carbons (Fsp3) is 0.467. The van der Waals surface area contributed by atoms with E-state index in [1.807, 2.05) is 0 Å². The Morgan fingerprint density at radius 2 is 1.67 bits per heavy atom. The molecule has 0 saturated heterocycles. The van der Waals surface area contributed by atoms with Crippen LogP contribution in [0.15, 0.2) is 60.2 Å². The van der Waals surface area contributed by atoms with Crippen LogP contribution in [0.2, 0.25) is 0 Å². The fourth-order valence-electron chi connectivity index (χ4n) is 4.88. The van der Waals surface area contributed by atoms with Gasteiger partial charge >= 0.3 is 0 Å². The Hall–Kier alpha value is -2.08. The highest BCUT2D eigenvalue weighted by Crippen LogP contribution is 2.36. The standard InChI is InChI=1S/C27H32.C3H8/c1-4-21-13-14-26-24(16-21)9-6-10-25(26)17-22-12-11-20(3)27(18-22)23-8-5-7-19(2)15-23;1-3-2/h5,8,11-16,18,23,25H,4,6-7,9-10,17H2,1-3H3;3H2,1-2H3/t23-,25-;/m1./s1. The number of aryl methyl sites for hydroxylation is 3. The monoisotopic (exact) mass is 400 g/mol. The van der Waals surface area contributed by atoms with Gasteiger partial charge in [0.05, 0.1) is 0 Å². The van der Waals surface area contributed by atoms with Crippen LogP contribution in [-0.4, -0.2) is 0 Å². The molecular formula is C30H40. The highest BCUT2D eigenvalue weighted by molar-refractivity contribution is 5.42. The van der Waals surface area contributed by atoms with Crippen LogP contribution in [0.1, 0.15) is 98.6 Å². The fourth-order valence-corrected chi connectivity index (χ4v) is 4.88. The lowest BCUT2D eigenvalue weighted by Gasteiger charge is -2.27. The van der Waals surface area contributed by atoms with Crippen molar-refractivity contribution in [3.05, 3.63) is 93.6 Å². The molecule has 0 nitrogen and oxygen atoms in total. The minimum absolute atomic E-state index is 0.449. The largest absolute Gasteiger partial charge is 0.0836 e. The maximum absolute atomic E-state index is 2.48. The summed E-state index contributed by atoms with van der Waals surface area (Å²) in [4.78, 5) is 0. The first-order valence-electron chi connectivity index (χ1n) is 12.1. The second-order valence-electron chi connectivity index (χ2n) is 9.25. The average Bonchev–Trinajstić information content (AvgIpc) is 2.75. The predicted octanol–water partition coefficient (Wildman–Crippen LogP) is 8.63. The highest BCUT2D eigenvalue weighted by atomic mass is 14.3. The van der Waals surface area contributed by atoms with Crippen molar-refractivity contribution >= 4 is 0 Å². The molecule has 0 unspecified atom stereocenters. The molecule has 0 fully saturated rings. The van der Waals surface area contributed by atoms with Gasteiger partial charge in [0.1, 0.15) is 0 Å². The zero-order chi connectivity index (χ0) is 21.5. The number of hydrogen-bond donors (Lipinski definition) is 0. The van der Waals surface area contributed by atoms with Crippen LogP contribution in [-0.2, 0) is 19.3 Å². The molecule has 4 rings (SSSR count). The topological polar surface area (TPSA) is 0 Å². The Balaban J connectivity index is 0.000000806. The van der Waals surface area contributed by atoms with Gasteiger partial charge in [-0.25, -0.2) is 0 Å². The number of benzene rings is 2. The molecule has 0 N–H and O–H groups in total. The molecule has 0 bridgehead atoms. The molecule has 0 heterocycles. The summed E-state index contributed by atoms with van der Waals surface area (Å²) in [5.41, 5.74) is 10.6. The molecule has 0 spiro atoms. The van der Waals surface area contributed by atoms with Gasteiger partial charge in [0.2, 0.25) is 0 Å². The highest BCUT2D eigenvalue weighted by Gasteiger charge is 2.21. The van der Waals surface area contributed by atoms with Gasteiger partial charge in [-0.15, -0.1) is 0 Å². The van der Waals surface area contributed by atoms with Crippen molar-refractivity contribution in [3.63, 3.8) is 0 Å². The van der Waals surface area contributed by atoms with E-state index >= 15 is 0 Å². The summed E-state index contributed by atoms with van der Waals surface area (Å²) < 4.78 is 0. The second-order valence-corrected chi connectivity index (χ2v) is 9.25. The van der Waals surface area contributed by atoms with E-state index < -0.39 is 0 Å². The molecule has 0 radical (unpaired) electrons. The Bertz CT molecular complexity index is 896. The van der Waals surface area contributed by atoms with Gasteiger partial charge in [-0.3, -0.25) is 0 Å². The van der Waals surface area contributed by atoms with Crippen molar-refractivity contribution in [1.82, 2.24) is 0 Å². The van der Waals surface area contributed by atoms with Crippen molar-refractivity contribution < 1.29 is 0 Å². The summed E-state index contributed by atoms with van der Waals surface area (Å²) in [5, 5.41) is 0. The first-order chi connectivity index (χ1) is 14.5. The lowest BCUT2D eigenvalue weighted by Crippen LogP contribution is -2.13. The lowest BCUT2D eigenvalue weighted by molar-refractivity contribution is 0.550. The molecule has 0 aromatic heterocycles. The Kier molecular flexibility index (Phi) is 8.14. The minimum Gasteiger partial charge on any atom is -0.0836 e. The van der Waals surface area contributed by atoms with Crippen molar-refractivity contribution in [1.29, 1.82) is 0 Å². The van der Waals surface area contributed by atoms with Gasteiger partial charge in [0.25, 0.3) is 0 Å². The molecular weight excluding hydrogens is 360 g/mol. The first kappa shape index (κ1) is 22.6. The van der Waals surface area contributed by atoms with E-state index in [9.17, 15) is 0 Å². The number of hydrogen-bond acceptors (Lipinski definition) is 0. The van der Waals surface area contributed by atoms with E-state index in [0.717, 1.165) is 12.8 Å². The predicted molar refractivity (Wildman–Crippen MR) is 133 cm³/mol. The smallest absolute Gasteiger partial charge is 0.0204 e. The Morgan fingerprint density at radius 3 is 2.40 bits per heavy atom. The number of rotatable bonds is 4. The van der Waals surface area contributed by atoms with E-state index in [2.05, 4.69) is 89.2 Å². The summed E-state index contributed by atoms with van der Waals surface area (Å²) >= 11 is 0. The quantitative estimate of drug-likeness (QED) is 0.450. The molecule has 2 aliphatic carbocycles. The summed E-state index contributed by atoms with van der Waals surface area (Å²) in [6.45, 7) is 11.0. The van der Waals surface area contributed by atoms with E-state index in [0.29, 0.717) is 11.8 Å². The SMILES string of the molecule is CCC.CCc1ccc2c(c1)CCC[C@@H]2Cc1ccc(C)c([C@@H]2C=CCC(C)=C2)c1. The molecule has 160 valence electrons. The van der Waals surface area contributed by atoms with Crippen LogP contribution in [0.5, 0.6) is 0 Å². The molecule has 0 saturated carbocycles. The normalized spacial score (nSPS) is 20.1. The third kappa shape index (κ3) is 5.54. The van der Waals surface area contributed by atoms with Crippen molar-refractivity contribution in [2.45, 2.75) is 91.4 Å². The van der Waals surface area contributed by atoms with Crippen LogP contribution in [0.25, 0.3) is 0 Å². The van der Waals surface area contributed by atoms with Gasteiger partial charge < -0.3 is 0 Å². The molecule has 2 atom stereocenters. The molecule has 2 aromatic carbocycles. The van der Waals surface area contributed by atoms with Crippen LogP contribution in [0.4, 0.5) is 0 Å². The summed E-state index contributed by atoms with van der Waals surface area (Å²) in [5.74, 6) is 1.12. The molecule has 30 heavy (non-hydrogen) atoms. The lowest BCUT2D eigenvalue weighted by atomic mass is 9.78. The molecule has 2 aliphatic rings. The molecule has 0 amide bonds. The molecule has 2 aromatic rings. The zero-order valence-corrected chi connectivity index (χ0v) is 19.8. The van der Waals surface area contributed by atoms with Crippen LogP contribution < -0.4 is 0 Å². The molecule has 0 heteroatoms. The van der Waals surface area contributed by atoms with Gasteiger partial charge in [0.15, 0.2) is 0 Å². The van der Waals surface area contributed by atoms with E-state index in [4.69, 9.17) is 0 Å². The number of allylic oxidation sites excluding steroid dienone is 4. The van der Waals surface area contributed by atoms with Gasteiger partial charge in [-0.05, 0) is 91.7 Å². The van der Waals surface area contributed by atoms with Crippen LogP contribution >= 0.6 is 0 Å². The maximum Gasteiger partial charge on any atom is 0.0204 e. The van der Waals surface area contributed by atoms with Crippen LogP contribution in [0, 0.1) is 6.92 Å². The van der Waals surface area contributed by atoms with Gasteiger partial charge in [-0.1, -0.05) is 87.4 Å². The summed E-state index contributed by atoms with van der Waals surface area (Å²) in [7, 11) is 0. The van der Waals surface area contributed by atoms with Crippen molar-refractivity contribution in [3.8, 4) is 0 Å². The second kappa shape index (κ2) is 10.8. The van der Waals surface area contributed by atoms with E-state index in [-0.39, 0.29) is 0 Å². The van der Waals surface area contributed by atoms with Gasteiger partial charge in [0, 0.05) is 5.92 Å². The van der Waals surface area contributed by atoms with Crippen LogP contribution in [0.3, 0.4) is 0 Å². The molecule has 0 aliphatic heterocycles. The third-order valence-corrected chi connectivity index (χ3v) is 6.49. The summed E-state index contributed by atoms with van der Waals surface area (Å²) in [6.07, 6.45) is 15.7.